The van der Waals surface area contributed by atoms with Crippen molar-refractivity contribution in [1.29, 1.82) is 0 Å². The molecule has 0 radical (unpaired) electrons. The van der Waals surface area contributed by atoms with E-state index >= 15 is 0 Å². The Balaban J connectivity index is 0.000000164. The Labute approximate surface area is 163 Å². The van der Waals surface area contributed by atoms with Gasteiger partial charge in [0.05, 0.1) is 0 Å². The van der Waals surface area contributed by atoms with Gasteiger partial charge in [0, 0.05) is 5.39 Å². The van der Waals surface area contributed by atoms with Gasteiger partial charge in [-0.05, 0) is 22.6 Å². The lowest BCUT2D eigenvalue weighted by atomic mass is 10.1. The van der Waals surface area contributed by atoms with E-state index < -0.39 is 7.82 Å². The molecule has 0 unspecified atom stereocenters. The van der Waals surface area contributed by atoms with E-state index in [4.69, 9.17) is 19.2 Å². The van der Waals surface area contributed by atoms with Crippen molar-refractivity contribution < 1.29 is 24.4 Å². The molecule has 0 heterocycles. The molecule has 144 valence electrons. The number of aromatic hydroxyl groups is 1. The number of hydrogen-bond acceptors (Lipinski definition) is 2. The second kappa shape index (κ2) is 10.4. The first-order valence-electron chi connectivity index (χ1n) is 8.40. The normalized spacial score (nSPS) is 10.2. The average Bonchev–Trinajstić information content (AvgIpc) is 2.69. The lowest BCUT2D eigenvalue weighted by molar-refractivity contribution is 0.275. The maximum absolute atomic E-state index is 9.37. The van der Waals surface area contributed by atoms with Crippen LogP contribution in [0.2, 0.25) is 0 Å². The fourth-order valence-electron chi connectivity index (χ4n) is 2.47. The van der Waals surface area contributed by atoms with Gasteiger partial charge in [0.25, 0.3) is 0 Å². The second-order valence-corrected chi connectivity index (χ2v) is 6.77. The van der Waals surface area contributed by atoms with Crippen LogP contribution in [0.4, 0.5) is 0 Å². The van der Waals surface area contributed by atoms with Gasteiger partial charge >= 0.3 is 7.82 Å². The molecule has 0 atom stereocenters. The fraction of sp³-hybridized carbons (Fsp3) is 0. The highest BCUT2D eigenvalue weighted by Gasteiger charge is 2.00. The minimum atomic E-state index is -4.64. The van der Waals surface area contributed by atoms with Gasteiger partial charge in [0.2, 0.25) is 0 Å². The zero-order valence-corrected chi connectivity index (χ0v) is 15.9. The van der Waals surface area contributed by atoms with Gasteiger partial charge in [-0.3, -0.25) is 0 Å². The maximum atomic E-state index is 9.37. The number of fused-ring (bicyclic) bond motifs is 1. The molecule has 4 aromatic rings. The van der Waals surface area contributed by atoms with Crippen LogP contribution < -0.4 is 0 Å². The third kappa shape index (κ3) is 7.74. The maximum Gasteiger partial charge on any atom is 0.466 e. The molecule has 0 aliphatic heterocycles. The smallest absolute Gasteiger partial charge is 0.466 e. The van der Waals surface area contributed by atoms with Crippen molar-refractivity contribution in [2.45, 2.75) is 0 Å². The van der Waals surface area contributed by atoms with E-state index in [1.807, 2.05) is 48.5 Å². The summed E-state index contributed by atoms with van der Waals surface area (Å²) in [4.78, 5) is 21.6. The molecule has 4 aromatic carbocycles. The molecule has 0 spiro atoms. The van der Waals surface area contributed by atoms with Gasteiger partial charge in [-0.1, -0.05) is 97.1 Å². The molecule has 0 amide bonds. The molecular weight excluding hydrogens is 375 g/mol. The molecule has 0 aliphatic carbocycles. The average molecular weight is 396 g/mol. The first-order chi connectivity index (χ1) is 13.3. The summed E-state index contributed by atoms with van der Waals surface area (Å²) >= 11 is 0. The molecule has 0 aromatic heterocycles. The Hall–Kier alpha value is -2.95. The number of rotatable bonds is 1. The molecule has 6 heteroatoms. The van der Waals surface area contributed by atoms with Crippen LogP contribution in [0.3, 0.4) is 0 Å². The highest BCUT2D eigenvalue weighted by Crippen LogP contribution is 2.26. The van der Waals surface area contributed by atoms with E-state index in [2.05, 4.69) is 48.5 Å². The first-order valence-corrected chi connectivity index (χ1v) is 9.96. The number of phosphoric acid groups is 1. The fourth-order valence-corrected chi connectivity index (χ4v) is 2.47. The van der Waals surface area contributed by atoms with Crippen molar-refractivity contribution in [3.63, 3.8) is 0 Å². The molecule has 28 heavy (non-hydrogen) atoms. The SMILES string of the molecule is O=P(O)(O)O.Oc1cccc2ccccc12.c1ccc(-c2ccccc2)cc1. The van der Waals surface area contributed by atoms with Crippen LogP contribution in [0.25, 0.3) is 21.9 Å². The van der Waals surface area contributed by atoms with Gasteiger partial charge in [-0.2, -0.15) is 0 Å². The van der Waals surface area contributed by atoms with Crippen molar-refractivity contribution in [2.24, 2.45) is 0 Å². The monoisotopic (exact) mass is 396 g/mol. The van der Waals surface area contributed by atoms with Crippen molar-refractivity contribution in [3.05, 3.63) is 103 Å². The van der Waals surface area contributed by atoms with Gasteiger partial charge in [0.15, 0.2) is 0 Å². The van der Waals surface area contributed by atoms with Gasteiger partial charge < -0.3 is 19.8 Å². The minimum Gasteiger partial charge on any atom is -0.507 e. The summed E-state index contributed by atoms with van der Waals surface area (Å²) in [6.07, 6.45) is 0. The van der Waals surface area contributed by atoms with Gasteiger partial charge in [-0.15, -0.1) is 0 Å². The lowest BCUT2D eigenvalue weighted by Gasteiger charge is -1.98. The van der Waals surface area contributed by atoms with Crippen molar-refractivity contribution in [2.75, 3.05) is 0 Å². The molecule has 0 bridgehead atoms. The number of phenols is 1. The predicted octanol–water partition coefficient (Wildman–Crippen LogP) is 4.97. The summed E-state index contributed by atoms with van der Waals surface area (Å²) in [5.74, 6) is 0.350. The standard InChI is InChI=1S/C12H10.C10H8O.H3O4P/c1-3-7-11(8-4-1)12-9-5-2-6-10-12;11-10-7-3-5-8-4-1-2-6-9(8)10;1-5(2,3)4/h1-10H;1-7,11H;(H3,1,2,3,4). The Morgan fingerprint density at radius 1 is 0.536 bits per heavy atom. The second-order valence-electron chi connectivity index (χ2n) is 5.74. The number of phenolic OH excluding ortho intramolecular Hbond substituents is 1. The minimum absolute atomic E-state index is 0.350. The first kappa shape index (κ1) is 21.4. The summed E-state index contributed by atoms with van der Waals surface area (Å²) in [7, 11) is -4.64. The van der Waals surface area contributed by atoms with E-state index in [1.165, 1.54) is 11.1 Å². The summed E-state index contributed by atoms with van der Waals surface area (Å²) in [5.41, 5.74) is 2.55. The Morgan fingerprint density at radius 3 is 1.39 bits per heavy atom. The van der Waals surface area contributed by atoms with Crippen LogP contribution in [0.5, 0.6) is 5.75 Å². The van der Waals surface area contributed by atoms with Crippen LogP contribution in [0.15, 0.2) is 103 Å². The van der Waals surface area contributed by atoms with Crippen LogP contribution in [0, 0.1) is 0 Å². The zero-order chi connectivity index (χ0) is 20.4. The van der Waals surface area contributed by atoms with Gasteiger partial charge in [-0.25, -0.2) is 4.57 Å². The predicted molar refractivity (Wildman–Crippen MR) is 112 cm³/mol. The molecular formula is C22H21O5P. The summed E-state index contributed by atoms with van der Waals surface area (Å²) < 4.78 is 8.88. The summed E-state index contributed by atoms with van der Waals surface area (Å²) in [6.45, 7) is 0. The van der Waals surface area contributed by atoms with E-state index in [-0.39, 0.29) is 0 Å². The Morgan fingerprint density at radius 2 is 0.929 bits per heavy atom. The Bertz CT molecular complexity index is 979. The highest BCUT2D eigenvalue weighted by molar-refractivity contribution is 7.45. The third-order valence-corrected chi connectivity index (χ3v) is 3.65. The molecule has 4 N–H and O–H groups in total. The van der Waals surface area contributed by atoms with Gasteiger partial charge in [0.1, 0.15) is 5.75 Å². The summed E-state index contributed by atoms with van der Waals surface area (Å²) in [5, 5.41) is 11.4. The van der Waals surface area contributed by atoms with Crippen LogP contribution in [-0.4, -0.2) is 19.8 Å². The molecule has 0 fully saturated rings. The van der Waals surface area contributed by atoms with Crippen molar-refractivity contribution in [1.82, 2.24) is 0 Å². The van der Waals surface area contributed by atoms with Crippen LogP contribution in [-0.2, 0) is 4.57 Å². The topological polar surface area (TPSA) is 98.0 Å². The van der Waals surface area contributed by atoms with Crippen LogP contribution >= 0.6 is 7.82 Å². The van der Waals surface area contributed by atoms with Crippen LogP contribution in [0.1, 0.15) is 0 Å². The quantitative estimate of drug-likeness (QED) is 0.341. The third-order valence-electron chi connectivity index (χ3n) is 3.65. The molecule has 0 saturated heterocycles. The largest absolute Gasteiger partial charge is 0.507 e. The Kier molecular flexibility index (Phi) is 7.93. The van der Waals surface area contributed by atoms with E-state index in [0.29, 0.717) is 5.75 Å². The number of benzene rings is 4. The number of hydrogen-bond donors (Lipinski definition) is 4. The molecule has 0 saturated carbocycles. The summed E-state index contributed by atoms with van der Waals surface area (Å²) in [6, 6.07) is 34.1. The lowest BCUT2D eigenvalue weighted by Crippen LogP contribution is -1.73. The zero-order valence-electron chi connectivity index (χ0n) is 15.0. The van der Waals surface area contributed by atoms with Crippen molar-refractivity contribution >= 4 is 18.6 Å². The molecule has 5 nitrogen and oxygen atoms in total. The van der Waals surface area contributed by atoms with E-state index in [1.54, 1.807) is 6.07 Å². The molecule has 4 rings (SSSR count). The highest BCUT2D eigenvalue weighted by atomic mass is 31.2. The van der Waals surface area contributed by atoms with Crippen molar-refractivity contribution in [3.8, 4) is 16.9 Å². The molecule has 0 aliphatic rings. The van der Waals surface area contributed by atoms with E-state index in [0.717, 1.165) is 10.8 Å². The van der Waals surface area contributed by atoms with E-state index in [9.17, 15) is 5.11 Å².